The molecule has 1 amide bonds. The Morgan fingerprint density at radius 1 is 1.24 bits per heavy atom. The first-order valence-corrected chi connectivity index (χ1v) is 11.8. The first kappa shape index (κ1) is 25.3. The number of aryl methyl sites for hydroxylation is 1. The number of carbonyl (C=O) groups is 2. The number of ether oxygens (including phenoxy) is 1. The van der Waals surface area contributed by atoms with Crippen LogP contribution in [0.2, 0.25) is 0 Å². The van der Waals surface area contributed by atoms with E-state index in [-0.39, 0.29) is 23.8 Å². The van der Waals surface area contributed by atoms with Gasteiger partial charge in [0.2, 0.25) is 5.91 Å². The quantitative estimate of drug-likeness (QED) is 0.343. The van der Waals surface area contributed by atoms with Crippen molar-refractivity contribution in [3.63, 3.8) is 0 Å². The highest BCUT2D eigenvalue weighted by molar-refractivity contribution is 5.89. The van der Waals surface area contributed by atoms with Gasteiger partial charge in [-0.1, -0.05) is 61.2 Å². The summed E-state index contributed by atoms with van der Waals surface area (Å²) in [7, 11) is 1.37. The van der Waals surface area contributed by atoms with E-state index in [9.17, 15) is 14.7 Å². The van der Waals surface area contributed by atoms with Crippen LogP contribution in [0.5, 0.6) is 0 Å². The zero-order valence-electron chi connectivity index (χ0n) is 19.9. The van der Waals surface area contributed by atoms with Crippen molar-refractivity contribution in [3.8, 4) is 11.8 Å². The van der Waals surface area contributed by atoms with Crippen molar-refractivity contribution < 1.29 is 19.4 Å². The summed E-state index contributed by atoms with van der Waals surface area (Å²) in [5.41, 5.74) is 2.55. The molecule has 1 heterocycles. The standard InChI is InChI=1S/C29H33NO4/c1-22(9-6-12-23-10-4-3-5-11-23)27(31)18-16-26-17-19-28(32)30(26)20-8-14-24-13-7-15-25(21-24)29(33)34-2/h3-5,7,10-11,13,15-16,18,21-22,26-27,31H,8-9,14,17,19-20H2,1-2H3/t22-,26?,27+/m0/s1. The normalized spacial score (nSPS) is 17.3. The van der Waals surface area contributed by atoms with Gasteiger partial charge in [0, 0.05) is 24.9 Å². The maximum absolute atomic E-state index is 12.4. The molecule has 1 N–H and O–H groups in total. The van der Waals surface area contributed by atoms with Gasteiger partial charge in [0.25, 0.3) is 0 Å². The number of methoxy groups -OCH3 is 1. The van der Waals surface area contributed by atoms with Crippen molar-refractivity contribution in [2.24, 2.45) is 5.92 Å². The first-order valence-electron chi connectivity index (χ1n) is 11.8. The zero-order valence-corrected chi connectivity index (χ0v) is 19.9. The number of esters is 1. The van der Waals surface area contributed by atoms with E-state index in [1.165, 1.54) is 7.11 Å². The molecule has 0 aliphatic carbocycles. The summed E-state index contributed by atoms with van der Waals surface area (Å²) in [5.74, 6) is 6.07. The highest BCUT2D eigenvalue weighted by Crippen LogP contribution is 2.22. The van der Waals surface area contributed by atoms with Gasteiger partial charge >= 0.3 is 5.97 Å². The Morgan fingerprint density at radius 3 is 2.79 bits per heavy atom. The van der Waals surface area contributed by atoms with Crippen LogP contribution in [0.15, 0.2) is 66.7 Å². The molecule has 178 valence electrons. The number of hydrogen-bond acceptors (Lipinski definition) is 4. The Hall–Kier alpha value is -3.36. The molecule has 1 saturated heterocycles. The largest absolute Gasteiger partial charge is 0.465 e. The second kappa shape index (κ2) is 12.8. The number of hydrogen-bond donors (Lipinski definition) is 1. The molecule has 0 spiro atoms. The smallest absolute Gasteiger partial charge is 0.337 e. The average Bonchev–Trinajstić information content (AvgIpc) is 3.21. The third-order valence-electron chi connectivity index (χ3n) is 6.13. The fraction of sp³-hybridized carbons (Fsp3) is 0.379. The molecule has 2 aromatic carbocycles. The minimum Gasteiger partial charge on any atom is -0.465 e. The van der Waals surface area contributed by atoms with E-state index in [0.29, 0.717) is 24.9 Å². The van der Waals surface area contributed by atoms with Crippen LogP contribution >= 0.6 is 0 Å². The molecule has 3 rings (SSSR count). The molecular formula is C29H33NO4. The number of likely N-dealkylation sites (tertiary alicyclic amines) is 1. The van der Waals surface area contributed by atoms with Crippen LogP contribution in [0.3, 0.4) is 0 Å². The van der Waals surface area contributed by atoms with Crippen molar-refractivity contribution in [2.45, 2.75) is 51.2 Å². The van der Waals surface area contributed by atoms with Crippen LogP contribution in [0, 0.1) is 17.8 Å². The summed E-state index contributed by atoms with van der Waals surface area (Å²) in [5, 5.41) is 10.5. The molecule has 5 nitrogen and oxygen atoms in total. The van der Waals surface area contributed by atoms with Gasteiger partial charge in [0.15, 0.2) is 0 Å². The number of rotatable bonds is 9. The van der Waals surface area contributed by atoms with Gasteiger partial charge in [-0.25, -0.2) is 4.79 Å². The Kier molecular flexibility index (Phi) is 9.49. The molecule has 5 heteroatoms. The first-order chi connectivity index (χ1) is 16.5. The van der Waals surface area contributed by atoms with Crippen LogP contribution in [0.4, 0.5) is 0 Å². The van der Waals surface area contributed by atoms with Gasteiger partial charge in [-0.2, -0.15) is 0 Å². The summed E-state index contributed by atoms with van der Waals surface area (Å²) in [4.78, 5) is 26.0. The number of nitrogens with zero attached hydrogens (tertiary/aromatic N) is 1. The third kappa shape index (κ3) is 7.33. The second-order valence-electron chi connectivity index (χ2n) is 8.71. The van der Waals surface area contributed by atoms with E-state index in [0.717, 1.165) is 30.4 Å². The Balaban J connectivity index is 1.49. The average molecular weight is 460 g/mol. The van der Waals surface area contributed by atoms with Gasteiger partial charge in [-0.3, -0.25) is 4.79 Å². The molecule has 34 heavy (non-hydrogen) atoms. The van der Waals surface area contributed by atoms with Gasteiger partial charge in [0.05, 0.1) is 24.8 Å². The third-order valence-corrected chi connectivity index (χ3v) is 6.13. The summed E-state index contributed by atoms with van der Waals surface area (Å²) in [6.07, 6.45) is 6.63. The predicted molar refractivity (Wildman–Crippen MR) is 133 cm³/mol. The molecule has 1 fully saturated rings. The van der Waals surface area contributed by atoms with Gasteiger partial charge in [-0.15, -0.1) is 0 Å². The van der Waals surface area contributed by atoms with Gasteiger partial charge in [0.1, 0.15) is 0 Å². The highest BCUT2D eigenvalue weighted by atomic mass is 16.5. The van der Waals surface area contributed by atoms with Crippen LogP contribution in [-0.2, 0) is 16.0 Å². The van der Waals surface area contributed by atoms with E-state index in [4.69, 9.17) is 4.74 Å². The van der Waals surface area contributed by atoms with Crippen LogP contribution in [0.1, 0.15) is 54.1 Å². The number of amides is 1. The molecule has 0 radical (unpaired) electrons. The Bertz CT molecular complexity index is 1050. The molecule has 0 aromatic heterocycles. The minimum absolute atomic E-state index is 0.0000963. The molecule has 1 aliphatic heterocycles. The highest BCUT2D eigenvalue weighted by Gasteiger charge is 2.28. The summed E-state index contributed by atoms with van der Waals surface area (Å²) >= 11 is 0. The van der Waals surface area contributed by atoms with Crippen molar-refractivity contribution >= 4 is 11.9 Å². The monoisotopic (exact) mass is 459 g/mol. The molecular weight excluding hydrogens is 426 g/mol. The Morgan fingerprint density at radius 2 is 2.03 bits per heavy atom. The predicted octanol–water partition coefficient (Wildman–Crippen LogP) is 4.39. The SMILES string of the molecule is COC(=O)c1cccc(CCCN2C(=O)CCC2C=C[C@@H](O)[C@@H](C)CC#Cc2ccccc2)c1. The van der Waals surface area contributed by atoms with Gasteiger partial charge < -0.3 is 14.7 Å². The summed E-state index contributed by atoms with van der Waals surface area (Å²) < 4.78 is 4.78. The maximum Gasteiger partial charge on any atom is 0.337 e. The minimum atomic E-state index is -0.608. The number of aliphatic hydroxyl groups is 1. The molecule has 0 saturated carbocycles. The van der Waals surface area contributed by atoms with Crippen LogP contribution in [-0.4, -0.2) is 47.7 Å². The van der Waals surface area contributed by atoms with Crippen molar-refractivity contribution in [1.29, 1.82) is 0 Å². The van der Waals surface area contributed by atoms with E-state index >= 15 is 0 Å². The zero-order chi connectivity index (χ0) is 24.3. The lowest BCUT2D eigenvalue weighted by Crippen LogP contribution is -2.33. The Labute approximate surface area is 202 Å². The van der Waals surface area contributed by atoms with E-state index in [2.05, 4.69) is 11.8 Å². The van der Waals surface area contributed by atoms with Crippen molar-refractivity contribution in [2.75, 3.05) is 13.7 Å². The number of benzene rings is 2. The maximum atomic E-state index is 12.4. The lowest BCUT2D eigenvalue weighted by atomic mass is 9.99. The fourth-order valence-electron chi connectivity index (χ4n) is 4.06. The number of carbonyl (C=O) groups excluding carboxylic acids is 2. The lowest BCUT2D eigenvalue weighted by molar-refractivity contribution is -0.128. The van der Waals surface area contributed by atoms with E-state index in [1.807, 2.05) is 72.5 Å². The van der Waals surface area contributed by atoms with Crippen LogP contribution < -0.4 is 0 Å². The second-order valence-corrected chi connectivity index (χ2v) is 8.71. The molecule has 0 bridgehead atoms. The fourth-order valence-corrected chi connectivity index (χ4v) is 4.06. The molecule has 2 aromatic rings. The lowest BCUT2D eigenvalue weighted by Gasteiger charge is -2.23. The summed E-state index contributed by atoms with van der Waals surface area (Å²) in [6, 6.07) is 17.2. The van der Waals surface area contributed by atoms with E-state index < -0.39 is 6.10 Å². The topological polar surface area (TPSA) is 66.8 Å². The molecule has 1 unspecified atom stereocenters. The van der Waals surface area contributed by atoms with E-state index in [1.54, 1.807) is 6.07 Å². The van der Waals surface area contributed by atoms with Crippen molar-refractivity contribution in [3.05, 3.63) is 83.4 Å². The van der Waals surface area contributed by atoms with Gasteiger partial charge in [-0.05, 0) is 55.0 Å². The number of aliphatic hydroxyl groups excluding tert-OH is 1. The summed E-state index contributed by atoms with van der Waals surface area (Å²) in [6.45, 7) is 2.62. The molecule has 3 atom stereocenters. The van der Waals surface area contributed by atoms with Crippen LogP contribution in [0.25, 0.3) is 0 Å². The molecule has 1 aliphatic rings. The van der Waals surface area contributed by atoms with Crippen molar-refractivity contribution in [1.82, 2.24) is 4.90 Å².